The predicted molar refractivity (Wildman–Crippen MR) is 90.1 cm³/mol. The molecule has 0 aliphatic rings. The number of carbonyl (C=O) groups excluding carboxylic acids is 1. The summed E-state index contributed by atoms with van der Waals surface area (Å²) in [6.07, 6.45) is 0.544. The molecular weight excluding hydrogens is 328 g/mol. The van der Waals surface area contributed by atoms with E-state index in [1.165, 1.54) is 0 Å². The molecule has 24 heavy (non-hydrogen) atoms. The van der Waals surface area contributed by atoms with Gasteiger partial charge in [0, 0.05) is 23.6 Å². The van der Waals surface area contributed by atoms with Crippen molar-refractivity contribution in [1.29, 1.82) is 0 Å². The standard InChI is InChI=1S/C18H17ClN2O3/c1-11-16(12(2)24-21-11)9-15-6-7-17(23-15)18(22)20-10-13-4-3-5-14(19)8-13/h3-8H,9-10H2,1-2H3,(H,20,22). The van der Waals surface area contributed by atoms with Gasteiger partial charge in [0.15, 0.2) is 5.76 Å². The van der Waals surface area contributed by atoms with Crippen LogP contribution in [-0.2, 0) is 13.0 Å². The van der Waals surface area contributed by atoms with Gasteiger partial charge in [-0.25, -0.2) is 0 Å². The van der Waals surface area contributed by atoms with Crippen LogP contribution in [0, 0.1) is 13.8 Å². The van der Waals surface area contributed by atoms with Crippen LogP contribution in [0.5, 0.6) is 0 Å². The Morgan fingerprint density at radius 1 is 1.25 bits per heavy atom. The minimum Gasteiger partial charge on any atom is -0.456 e. The zero-order valence-electron chi connectivity index (χ0n) is 13.4. The van der Waals surface area contributed by atoms with E-state index in [0.29, 0.717) is 23.7 Å². The molecule has 0 saturated heterocycles. The van der Waals surface area contributed by atoms with Gasteiger partial charge < -0.3 is 14.3 Å². The zero-order chi connectivity index (χ0) is 17.1. The van der Waals surface area contributed by atoms with Crippen LogP contribution in [0.4, 0.5) is 0 Å². The van der Waals surface area contributed by atoms with Crippen molar-refractivity contribution < 1.29 is 13.7 Å². The van der Waals surface area contributed by atoms with Gasteiger partial charge in [-0.1, -0.05) is 28.9 Å². The molecule has 0 bridgehead atoms. The second-order valence-corrected chi connectivity index (χ2v) is 5.99. The fourth-order valence-electron chi connectivity index (χ4n) is 2.44. The van der Waals surface area contributed by atoms with E-state index in [9.17, 15) is 4.79 Å². The van der Waals surface area contributed by atoms with E-state index in [2.05, 4.69) is 10.5 Å². The molecule has 1 N–H and O–H groups in total. The van der Waals surface area contributed by atoms with Crippen LogP contribution < -0.4 is 5.32 Å². The van der Waals surface area contributed by atoms with Crippen LogP contribution in [-0.4, -0.2) is 11.1 Å². The molecular formula is C18H17ClN2O3. The van der Waals surface area contributed by atoms with Gasteiger partial charge in [-0.05, 0) is 43.7 Å². The lowest BCUT2D eigenvalue weighted by Gasteiger charge is -2.04. The lowest BCUT2D eigenvalue weighted by Crippen LogP contribution is -2.22. The van der Waals surface area contributed by atoms with Crippen LogP contribution in [0.1, 0.15) is 38.9 Å². The summed E-state index contributed by atoms with van der Waals surface area (Å²) in [5, 5.41) is 7.37. The first-order chi connectivity index (χ1) is 11.5. The number of nitrogens with one attached hydrogen (secondary N) is 1. The quantitative estimate of drug-likeness (QED) is 0.757. The summed E-state index contributed by atoms with van der Waals surface area (Å²) in [4.78, 5) is 12.2. The second-order valence-electron chi connectivity index (χ2n) is 5.56. The van der Waals surface area contributed by atoms with Crippen molar-refractivity contribution in [2.45, 2.75) is 26.8 Å². The average Bonchev–Trinajstić information content (AvgIpc) is 3.15. The summed E-state index contributed by atoms with van der Waals surface area (Å²) in [6, 6.07) is 10.8. The SMILES string of the molecule is Cc1noc(C)c1Cc1ccc(C(=O)NCc2cccc(Cl)c2)o1. The smallest absolute Gasteiger partial charge is 0.287 e. The van der Waals surface area contributed by atoms with Crippen LogP contribution >= 0.6 is 11.6 Å². The number of halogens is 1. The van der Waals surface area contributed by atoms with Crippen LogP contribution in [0.2, 0.25) is 5.02 Å². The predicted octanol–water partition coefficient (Wildman–Crippen LogP) is 4.06. The molecule has 0 fully saturated rings. The first-order valence-corrected chi connectivity index (χ1v) is 7.94. The summed E-state index contributed by atoms with van der Waals surface area (Å²) < 4.78 is 10.8. The van der Waals surface area contributed by atoms with Gasteiger partial charge in [-0.15, -0.1) is 0 Å². The topological polar surface area (TPSA) is 68.3 Å². The molecule has 0 spiro atoms. The Bertz CT molecular complexity index is 847. The van der Waals surface area contributed by atoms with E-state index in [0.717, 1.165) is 22.6 Å². The summed E-state index contributed by atoms with van der Waals surface area (Å²) in [6.45, 7) is 4.13. The van der Waals surface area contributed by atoms with Gasteiger partial charge in [0.25, 0.3) is 5.91 Å². The molecule has 2 heterocycles. The molecule has 0 radical (unpaired) electrons. The van der Waals surface area contributed by atoms with E-state index < -0.39 is 0 Å². The number of nitrogens with zero attached hydrogens (tertiary/aromatic N) is 1. The number of rotatable bonds is 5. The third-order valence-corrected chi connectivity index (χ3v) is 3.99. The lowest BCUT2D eigenvalue weighted by molar-refractivity contribution is 0.0921. The molecule has 5 nitrogen and oxygen atoms in total. The van der Waals surface area contributed by atoms with Gasteiger partial charge in [-0.2, -0.15) is 0 Å². The van der Waals surface area contributed by atoms with Crippen LogP contribution in [0.15, 0.2) is 45.3 Å². The first kappa shape index (κ1) is 16.3. The fourth-order valence-corrected chi connectivity index (χ4v) is 2.65. The molecule has 1 aromatic carbocycles. The van der Waals surface area contributed by atoms with Crippen molar-refractivity contribution in [3.63, 3.8) is 0 Å². The van der Waals surface area contributed by atoms with Gasteiger partial charge in [-0.3, -0.25) is 4.79 Å². The Labute approximate surface area is 144 Å². The Balaban J connectivity index is 1.63. The normalized spacial score (nSPS) is 10.8. The highest BCUT2D eigenvalue weighted by atomic mass is 35.5. The number of aromatic nitrogens is 1. The van der Waals surface area contributed by atoms with E-state index in [4.69, 9.17) is 20.5 Å². The maximum absolute atomic E-state index is 12.2. The van der Waals surface area contributed by atoms with Gasteiger partial charge in [0.1, 0.15) is 11.5 Å². The Morgan fingerprint density at radius 3 is 2.79 bits per heavy atom. The number of carbonyl (C=O) groups is 1. The third-order valence-electron chi connectivity index (χ3n) is 3.76. The Kier molecular flexibility index (Phi) is 4.71. The highest BCUT2D eigenvalue weighted by Crippen LogP contribution is 2.19. The van der Waals surface area contributed by atoms with Crippen molar-refractivity contribution >= 4 is 17.5 Å². The minimum absolute atomic E-state index is 0.264. The number of hydrogen-bond acceptors (Lipinski definition) is 4. The second kappa shape index (κ2) is 6.93. The number of benzene rings is 1. The Hall–Kier alpha value is -2.53. The number of aryl methyl sites for hydroxylation is 2. The van der Waals surface area contributed by atoms with E-state index in [1.807, 2.05) is 32.0 Å². The van der Waals surface area contributed by atoms with Crippen molar-refractivity contribution in [2.24, 2.45) is 0 Å². The molecule has 2 aromatic heterocycles. The first-order valence-electron chi connectivity index (χ1n) is 7.56. The molecule has 1 amide bonds. The zero-order valence-corrected chi connectivity index (χ0v) is 14.2. The van der Waals surface area contributed by atoms with Gasteiger partial charge >= 0.3 is 0 Å². The van der Waals surface area contributed by atoms with E-state index in [-0.39, 0.29) is 11.7 Å². The molecule has 3 aromatic rings. The molecule has 124 valence electrons. The summed E-state index contributed by atoms with van der Waals surface area (Å²) in [5.41, 5.74) is 2.74. The number of hydrogen-bond donors (Lipinski definition) is 1. The molecule has 0 aliphatic carbocycles. The highest BCUT2D eigenvalue weighted by Gasteiger charge is 2.15. The molecule has 0 saturated carbocycles. The maximum atomic E-state index is 12.2. The average molecular weight is 345 g/mol. The number of amides is 1. The largest absolute Gasteiger partial charge is 0.456 e. The Morgan fingerprint density at radius 2 is 2.08 bits per heavy atom. The summed E-state index contributed by atoms with van der Waals surface area (Å²) >= 11 is 5.93. The number of furan rings is 1. The van der Waals surface area contributed by atoms with E-state index in [1.54, 1.807) is 18.2 Å². The third kappa shape index (κ3) is 3.68. The minimum atomic E-state index is -0.264. The van der Waals surface area contributed by atoms with Crippen molar-refractivity contribution in [1.82, 2.24) is 10.5 Å². The fraction of sp³-hybridized carbons (Fsp3) is 0.222. The van der Waals surface area contributed by atoms with Gasteiger partial charge in [0.2, 0.25) is 0 Å². The summed E-state index contributed by atoms with van der Waals surface area (Å²) in [7, 11) is 0. The molecule has 3 rings (SSSR count). The van der Waals surface area contributed by atoms with E-state index >= 15 is 0 Å². The van der Waals surface area contributed by atoms with Crippen molar-refractivity contribution in [3.05, 3.63) is 75.5 Å². The van der Waals surface area contributed by atoms with Gasteiger partial charge in [0.05, 0.1) is 5.69 Å². The van der Waals surface area contributed by atoms with Crippen molar-refractivity contribution in [2.75, 3.05) is 0 Å². The lowest BCUT2D eigenvalue weighted by atomic mass is 10.1. The monoisotopic (exact) mass is 344 g/mol. The van der Waals surface area contributed by atoms with Crippen LogP contribution in [0.3, 0.4) is 0 Å². The highest BCUT2D eigenvalue weighted by molar-refractivity contribution is 6.30. The maximum Gasteiger partial charge on any atom is 0.287 e. The summed E-state index contributed by atoms with van der Waals surface area (Å²) in [5.74, 6) is 1.46. The molecule has 6 heteroatoms. The molecule has 0 aliphatic heterocycles. The molecule has 0 unspecified atom stereocenters. The van der Waals surface area contributed by atoms with Crippen molar-refractivity contribution in [3.8, 4) is 0 Å². The molecule has 0 atom stereocenters. The van der Waals surface area contributed by atoms with Crippen LogP contribution in [0.25, 0.3) is 0 Å².